The molecule has 0 aliphatic rings. The normalized spacial score (nSPS) is 10.2. The van der Waals surface area contributed by atoms with Crippen molar-refractivity contribution in [1.82, 2.24) is 0 Å². The van der Waals surface area contributed by atoms with E-state index >= 15 is 0 Å². The van der Waals surface area contributed by atoms with Crippen LogP contribution in [0.4, 0.5) is 0 Å². The van der Waals surface area contributed by atoms with Crippen molar-refractivity contribution in [1.29, 1.82) is 0 Å². The van der Waals surface area contributed by atoms with Crippen LogP contribution in [0, 0.1) is 0 Å². The van der Waals surface area contributed by atoms with E-state index in [0.29, 0.717) is 0 Å². The third kappa shape index (κ3) is 7.08. The van der Waals surface area contributed by atoms with Crippen LogP contribution in [0.3, 0.4) is 0 Å². The Kier molecular flexibility index (Phi) is 9.27. The van der Waals surface area contributed by atoms with Crippen LogP contribution < -0.4 is 5.11 Å². The van der Waals surface area contributed by atoms with Gasteiger partial charge in [-0.3, -0.25) is 4.79 Å². The average molecular weight is 217 g/mol. The van der Waals surface area contributed by atoms with E-state index in [-0.39, 0.29) is 0 Å². The molecule has 4 nitrogen and oxygen atoms in total. The molecule has 0 aliphatic heterocycles. The van der Waals surface area contributed by atoms with Crippen molar-refractivity contribution in [2.45, 2.75) is 34.6 Å². The zero-order chi connectivity index (χ0) is 12.5. The van der Waals surface area contributed by atoms with Crippen LogP contribution in [-0.4, -0.2) is 42.4 Å². The zero-order valence-corrected chi connectivity index (χ0v) is 10.5. The van der Waals surface area contributed by atoms with E-state index in [1.54, 1.807) is 0 Å². The number of aliphatic carboxylic acids is 1. The molecule has 0 fully saturated rings. The second-order valence-electron chi connectivity index (χ2n) is 3.45. The lowest BCUT2D eigenvalue weighted by atomic mass is 10.3. The number of quaternary nitrogens is 1. The Morgan fingerprint density at radius 2 is 1.13 bits per heavy atom. The molecule has 0 saturated carbocycles. The van der Waals surface area contributed by atoms with Crippen LogP contribution in [0.5, 0.6) is 0 Å². The van der Waals surface area contributed by atoms with Gasteiger partial charge >= 0.3 is 0 Å². The van der Waals surface area contributed by atoms with Crippen LogP contribution >= 0.6 is 0 Å². The van der Waals surface area contributed by atoms with Gasteiger partial charge < -0.3 is 14.4 Å². The molecule has 0 atom stereocenters. The van der Waals surface area contributed by atoms with Crippen LogP contribution in [0.25, 0.3) is 0 Å². The number of nitrogens with zero attached hydrogens (tertiary/aromatic N) is 1. The van der Waals surface area contributed by atoms with Gasteiger partial charge in [-0.1, -0.05) is 0 Å². The minimum absolute atomic E-state index is 0.935. The van der Waals surface area contributed by atoms with Crippen molar-refractivity contribution in [2.75, 3.05) is 26.2 Å². The minimum Gasteiger partial charge on any atom is -0.542 e. The van der Waals surface area contributed by atoms with E-state index in [1.807, 2.05) is 0 Å². The van der Waals surface area contributed by atoms with Crippen molar-refractivity contribution in [3.63, 3.8) is 0 Å². The van der Waals surface area contributed by atoms with Crippen LogP contribution in [-0.2, 0) is 9.59 Å². The van der Waals surface area contributed by atoms with Crippen molar-refractivity contribution in [3.05, 3.63) is 0 Å². The monoisotopic (exact) mass is 217 g/mol. The molecule has 0 saturated heterocycles. The molecule has 0 heterocycles. The number of ketones is 1. The molecule has 0 aromatic heterocycles. The van der Waals surface area contributed by atoms with Crippen molar-refractivity contribution >= 4 is 11.8 Å². The second-order valence-corrected chi connectivity index (χ2v) is 3.45. The number of carboxylic acids is 1. The molecule has 4 heteroatoms. The second kappa shape index (κ2) is 8.41. The minimum atomic E-state index is -1.63. The largest absolute Gasteiger partial charge is 0.542 e. The maximum atomic E-state index is 9.48. The Bertz CT molecular complexity index is 168. The van der Waals surface area contributed by atoms with E-state index in [2.05, 4.69) is 27.7 Å². The van der Waals surface area contributed by atoms with Gasteiger partial charge in [0.25, 0.3) is 0 Å². The number of carbonyl (C=O) groups is 2. The number of carbonyl (C=O) groups excluding carboxylic acids is 2. The molecule has 0 radical (unpaired) electrons. The smallest absolute Gasteiger partial charge is 0.175 e. The lowest BCUT2D eigenvalue weighted by molar-refractivity contribution is -0.921. The molecule has 0 unspecified atom stereocenters. The number of hydrogen-bond acceptors (Lipinski definition) is 3. The molecular formula is C11H23NO3. The summed E-state index contributed by atoms with van der Waals surface area (Å²) in [5, 5.41) is 9.24. The van der Waals surface area contributed by atoms with Gasteiger partial charge in [0, 0.05) is 6.92 Å². The fourth-order valence-electron chi connectivity index (χ4n) is 1.34. The summed E-state index contributed by atoms with van der Waals surface area (Å²) in [7, 11) is 0. The lowest BCUT2D eigenvalue weighted by Gasteiger charge is -2.34. The van der Waals surface area contributed by atoms with Gasteiger partial charge in [-0.2, -0.15) is 0 Å². The number of carboxylic acid groups (broad SMARTS) is 1. The van der Waals surface area contributed by atoms with E-state index in [0.717, 1.165) is 6.92 Å². The highest BCUT2D eigenvalue weighted by Crippen LogP contribution is 2.03. The average Bonchev–Trinajstić information content (AvgIpc) is 2.23. The Morgan fingerprint density at radius 3 is 1.13 bits per heavy atom. The lowest BCUT2D eigenvalue weighted by Crippen LogP contribution is -2.47. The molecule has 0 aromatic carbocycles. The summed E-state index contributed by atoms with van der Waals surface area (Å²) in [5.41, 5.74) is 0. The molecule has 0 N–H and O–H groups in total. The van der Waals surface area contributed by atoms with Gasteiger partial charge in [0.1, 0.15) is 5.97 Å². The summed E-state index contributed by atoms with van der Waals surface area (Å²) in [6, 6.07) is 0. The SMILES string of the molecule is CC(=O)C(=O)[O-].CC[N+](CC)(CC)CC. The fraction of sp³-hybridized carbons (Fsp3) is 0.818. The predicted octanol–water partition coefficient (Wildman–Crippen LogP) is 0.208. The van der Waals surface area contributed by atoms with Crippen molar-refractivity contribution < 1.29 is 19.2 Å². The molecule has 15 heavy (non-hydrogen) atoms. The maximum Gasteiger partial charge on any atom is 0.175 e. The van der Waals surface area contributed by atoms with E-state index in [1.165, 1.54) is 30.7 Å². The van der Waals surface area contributed by atoms with Crippen LogP contribution in [0.2, 0.25) is 0 Å². The summed E-state index contributed by atoms with van der Waals surface area (Å²) in [5.74, 6) is -2.56. The summed E-state index contributed by atoms with van der Waals surface area (Å²) in [6.45, 7) is 15.2. The Labute approximate surface area is 92.5 Å². The van der Waals surface area contributed by atoms with E-state index in [4.69, 9.17) is 0 Å². The standard InChI is InChI=1S/C8H20N.C3H4O3/c1-5-9(6-2,7-3)8-4;1-2(4)3(5)6/h5-8H2,1-4H3;1H3,(H,5,6)/q+1;/p-1. The topological polar surface area (TPSA) is 57.2 Å². The van der Waals surface area contributed by atoms with Gasteiger partial charge in [0.15, 0.2) is 5.78 Å². The molecule has 90 valence electrons. The quantitative estimate of drug-likeness (QED) is 0.488. The summed E-state index contributed by atoms with van der Waals surface area (Å²) < 4.78 is 1.28. The highest BCUT2D eigenvalue weighted by Gasteiger charge is 2.16. The highest BCUT2D eigenvalue weighted by molar-refractivity contribution is 6.30. The summed E-state index contributed by atoms with van der Waals surface area (Å²) in [4.78, 5) is 18.7. The van der Waals surface area contributed by atoms with Crippen LogP contribution in [0.1, 0.15) is 34.6 Å². The first-order valence-corrected chi connectivity index (χ1v) is 5.46. The first-order valence-electron chi connectivity index (χ1n) is 5.46. The van der Waals surface area contributed by atoms with E-state index < -0.39 is 11.8 Å². The number of hydrogen-bond donors (Lipinski definition) is 0. The van der Waals surface area contributed by atoms with Crippen molar-refractivity contribution in [3.8, 4) is 0 Å². The molecule has 0 rings (SSSR count). The Hall–Kier alpha value is -0.900. The summed E-state index contributed by atoms with van der Waals surface area (Å²) >= 11 is 0. The van der Waals surface area contributed by atoms with Gasteiger partial charge in [0.2, 0.25) is 0 Å². The first kappa shape index (κ1) is 16.5. The first-order chi connectivity index (χ1) is 6.89. The molecule has 0 amide bonds. The van der Waals surface area contributed by atoms with E-state index in [9.17, 15) is 14.7 Å². The molecule has 0 bridgehead atoms. The molecular weight excluding hydrogens is 194 g/mol. The molecule has 0 aromatic rings. The summed E-state index contributed by atoms with van der Waals surface area (Å²) in [6.07, 6.45) is 0. The zero-order valence-electron chi connectivity index (χ0n) is 10.5. The third-order valence-electron chi connectivity index (χ3n) is 2.97. The van der Waals surface area contributed by atoms with Gasteiger partial charge in [-0.05, 0) is 27.7 Å². The maximum absolute atomic E-state index is 9.48. The fourth-order valence-corrected chi connectivity index (χ4v) is 1.34. The predicted molar refractivity (Wildman–Crippen MR) is 58.1 cm³/mol. The van der Waals surface area contributed by atoms with Crippen LogP contribution in [0.15, 0.2) is 0 Å². The van der Waals surface area contributed by atoms with Gasteiger partial charge in [-0.25, -0.2) is 0 Å². The Morgan fingerprint density at radius 1 is 0.933 bits per heavy atom. The molecule has 0 aliphatic carbocycles. The van der Waals surface area contributed by atoms with Gasteiger partial charge in [-0.15, -0.1) is 0 Å². The number of rotatable bonds is 5. The highest BCUT2D eigenvalue weighted by atomic mass is 16.4. The van der Waals surface area contributed by atoms with Gasteiger partial charge in [0.05, 0.1) is 26.2 Å². The van der Waals surface area contributed by atoms with Crippen molar-refractivity contribution in [2.24, 2.45) is 0 Å². The third-order valence-corrected chi connectivity index (χ3v) is 2.97. The molecule has 0 spiro atoms. The Balaban J connectivity index is 0. The number of Topliss-reactive ketones (excluding diaryl/α,β-unsaturated/α-hetero) is 1.